The van der Waals surface area contributed by atoms with Gasteiger partial charge in [-0.1, -0.05) is 12.1 Å². The molecule has 11 heteroatoms. The Kier molecular flexibility index (Phi) is 4.82. The number of nitro groups is 1. The van der Waals surface area contributed by atoms with Crippen LogP contribution in [0.5, 0.6) is 5.75 Å². The zero-order valence-electron chi connectivity index (χ0n) is 15.2. The van der Waals surface area contributed by atoms with Gasteiger partial charge in [-0.05, 0) is 36.7 Å². The highest BCUT2D eigenvalue weighted by molar-refractivity contribution is 7.99. The van der Waals surface area contributed by atoms with Crippen molar-refractivity contribution in [1.82, 2.24) is 24.7 Å². The van der Waals surface area contributed by atoms with E-state index in [1.54, 1.807) is 7.11 Å². The van der Waals surface area contributed by atoms with Gasteiger partial charge in [-0.2, -0.15) is 4.98 Å². The summed E-state index contributed by atoms with van der Waals surface area (Å²) in [6, 6.07) is 7.76. The Morgan fingerprint density at radius 3 is 2.89 bits per heavy atom. The van der Waals surface area contributed by atoms with Gasteiger partial charge in [0.05, 0.1) is 12.0 Å². The van der Waals surface area contributed by atoms with E-state index >= 15 is 0 Å². The molecule has 1 aliphatic rings. The fraction of sp³-hybridized carbons (Fsp3) is 0.294. The van der Waals surface area contributed by atoms with Gasteiger partial charge in [0.2, 0.25) is 5.82 Å². The number of anilines is 1. The van der Waals surface area contributed by atoms with E-state index in [1.165, 1.54) is 18.0 Å². The molecule has 0 aliphatic heterocycles. The number of methoxy groups -OCH3 is 1. The second-order valence-corrected chi connectivity index (χ2v) is 7.20. The summed E-state index contributed by atoms with van der Waals surface area (Å²) < 4.78 is 7.07. The van der Waals surface area contributed by atoms with E-state index < -0.39 is 4.92 Å². The first-order valence-corrected chi connectivity index (χ1v) is 9.36. The van der Waals surface area contributed by atoms with Crippen LogP contribution in [0.4, 0.5) is 11.5 Å². The van der Waals surface area contributed by atoms with Gasteiger partial charge in [0.1, 0.15) is 11.9 Å². The predicted molar refractivity (Wildman–Crippen MR) is 102 cm³/mol. The first-order valence-electron chi connectivity index (χ1n) is 8.55. The van der Waals surface area contributed by atoms with Gasteiger partial charge in [0.25, 0.3) is 0 Å². The smallest absolute Gasteiger partial charge is 0.329 e. The lowest BCUT2D eigenvalue weighted by molar-refractivity contribution is -0.384. The van der Waals surface area contributed by atoms with Crippen molar-refractivity contribution in [2.75, 3.05) is 12.4 Å². The highest BCUT2D eigenvalue weighted by Crippen LogP contribution is 2.32. The molecular formula is C17H17N7O3S. The third-order valence-corrected chi connectivity index (χ3v) is 5.13. The van der Waals surface area contributed by atoms with Crippen molar-refractivity contribution in [3.8, 4) is 17.1 Å². The Morgan fingerprint density at radius 2 is 2.18 bits per heavy atom. The summed E-state index contributed by atoms with van der Waals surface area (Å²) in [6.45, 7) is 0. The van der Waals surface area contributed by atoms with E-state index in [0.29, 0.717) is 16.1 Å². The number of hydrogen-bond donors (Lipinski definition) is 1. The standard InChI is InChI=1S/C17H17N7O3S/c1-23-15(10-4-3-5-12(8-10)27-2)21-22-17(23)28-16-18-9-13(24(25)26)14(20-16)19-11-6-7-11/h3-5,8-9,11H,6-7H2,1-2H3,(H,18,19,20). The third kappa shape index (κ3) is 3.74. The van der Waals surface area contributed by atoms with E-state index in [4.69, 9.17) is 4.74 Å². The lowest BCUT2D eigenvalue weighted by atomic mass is 10.2. The van der Waals surface area contributed by atoms with Crippen molar-refractivity contribution in [3.05, 3.63) is 40.6 Å². The van der Waals surface area contributed by atoms with Gasteiger partial charge in [-0.25, -0.2) is 4.98 Å². The Labute approximate surface area is 164 Å². The molecule has 1 fully saturated rings. The van der Waals surface area contributed by atoms with Crippen molar-refractivity contribution in [3.63, 3.8) is 0 Å². The molecule has 0 atom stereocenters. The fourth-order valence-corrected chi connectivity index (χ4v) is 3.28. The van der Waals surface area contributed by atoms with Crippen LogP contribution in [0.1, 0.15) is 12.8 Å². The second kappa shape index (κ2) is 7.43. The van der Waals surface area contributed by atoms with Crippen LogP contribution in [0.15, 0.2) is 40.8 Å². The molecule has 0 bridgehead atoms. The molecule has 2 aromatic heterocycles. The lowest BCUT2D eigenvalue weighted by Gasteiger charge is -2.07. The van der Waals surface area contributed by atoms with Crippen LogP contribution in [-0.2, 0) is 7.05 Å². The third-order valence-electron chi connectivity index (χ3n) is 4.21. The van der Waals surface area contributed by atoms with Gasteiger partial charge < -0.3 is 14.6 Å². The van der Waals surface area contributed by atoms with Crippen molar-refractivity contribution in [2.45, 2.75) is 29.2 Å². The minimum Gasteiger partial charge on any atom is -0.497 e. The van der Waals surface area contributed by atoms with E-state index in [2.05, 4.69) is 25.5 Å². The molecule has 1 N–H and O–H groups in total. The summed E-state index contributed by atoms with van der Waals surface area (Å²) in [5, 5.41) is 23.7. The molecule has 144 valence electrons. The summed E-state index contributed by atoms with van der Waals surface area (Å²) in [6.07, 6.45) is 3.19. The van der Waals surface area contributed by atoms with E-state index in [1.807, 2.05) is 35.9 Å². The van der Waals surface area contributed by atoms with Gasteiger partial charge in [-0.3, -0.25) is 10.1 Å². The predicted octanol–water partition coefficient (Wildman–Crippen LogP) is 2.91. The van der Waals surface area contributed by atoms with Gasteiger partial charge in [0, 0.05) is 18.7 Å². The topological polar surface area (TPSA) is 121 Å². The maximum atomic E-state index is 11.2. The number of hydrogen-bond acceptors (Lipinski definition) is 9. The van der Waals surface area contributed by atoms with Crippen LogP contribution in [0.3, 0.4) is 0 Å². The van der Waals surface area contributed by atoms with Crippen molar-refractivity contribution in [1.29, 1.82) is 0 Å². The zero-order valence-corrected chi connectivity index (χ0v) is 16.0. The number of rotatable bonds is 7. The first-order chi connectivity index (χ1) is 13.5. The Hall–Kier alpha value is -3.21. The average Bonchev–Trinajstić information content (AvgIpc) is 3.44. The monoisotopic (exact) mass is 399 g/mol. The highest BCUT2D eigenvalue weighted by atomic mass is 32.2. The number of nitrogens with zero attached hydrogens (tertiary/aromatic N) is 6. The van der Waals surface area contributed by atoms with Crippen LogP contribution < -0.4 is 10.1 Å². The first kappa shape index (κ1) is 18.2. The van der Waals surface area contributed by atoms with Gasteiger partial charge in [0.15, 0.2) is 16.1 Å². The normalized spacial score (nSPS) is 13.4. The molecular weight excluding hydrogens is 382 g/mol. The van der Waals surface area contributed by atoms with Crippen LogP contribution in [0.2, 0.25) is 0 Å². The van der Waals surface area contributed by atoms with E-state index in [0.717, 1.165) is 24.2 Å². The average molecular weight is 399 g/mol. The molecule has 2 heterocycles. The molecule has 1 saturated carbocycles. The quantitative estimate of drug-likeness (QED) is 0.363. The van der Waals surface area contributed by atoms with Crippen LogP contribution in [0.25, 0.3) is 11.4 Å². The largest absolute Gasteiger partial charge is 0.497 e. The van der Waals surface area contributed by atoms with Crippen molar-refractivity contribution >= 4 is 23.3 Å². The number of nitrogens with one attached hydrogen (secondary N) is 1. The molecule has 4 rings (SSSR count). The summed E-state index contributed by atoms with van der Waals surface area (Å²) in [5.74, 6) is 1.63. The lowest BCUT2D eigenvalue weighted by Crippen LogP contribution is -2.08. The Balaban J connectivity index is 1.61. The number of benzene rings is 1. The Bertz CT molecular complexity index is 1040. The maximum absolute atomic E-state index is 11.2. The summed E-state index contributed by atoms with van der Waals surface area (Å²) in [5.41, 5.74) is 0.730. The number of aromatic nitrogens is 5. The molecule has 10 nitrogen and oxygen atoms in total. The molecule has 0 saturated heterocycles. The summed E-state index contributed by atoms with van der Waals surface area (Å²) in [7, 11) is 3.45. The summed E-state index contributed by atoms with van der Waals surface area (Å²) in [4.78, 5) is 19.1. The SMILES string of the molecule is COc1cccc(-c2nnc(Sc3ncc([N+](=O)[O-])c(NC4CC4)n3)n2C)c1. The molecule has 0 unspecified atom stereocenters. The zero-order chi connectivity index (χ0) is 19.7. The van der Waals surface area contributed by atoms with Gasteiger partial charge >= 0.3 is 5.69 Å². The van der Waals surface area contributed by atoms with Crippen LogP contribution >= 0.6 is 11.8 Å². The molecule has 3 aromatic rings. The minimum absolute atomic E-state index is 0.133. The molecule has 0 amide bonds. The molecule has 0 spiro atoms. The fourth-order valence-electron chi connectivity index (χ4n) is 2.57. The second-order valence-electron chi connectivity index (χ2n) is 6.26. The highest BCUT2D eigenvalue weighted by Gasteiger charge is 2.27. The molecule has 1 aliphatic carbocycles. The molecule has 28 heavy (non-hydrogen) atoms. The minimum atomic E-state index is -0.484. The van der Waals surface area contributed by atoms with Crippen LogP contribution in [-0.4, -0.2) is 42.8 Å². The number of ether oxygens (including phenoxy) is 1. The van der Waals surface area contributed by atoms with Crippen molar-refractivity contribution in [2.24, 2.45) is 7.05 Å². The van der Waals surface area contributed by atoms with Gasteiger partial charge in [-0.15, -0.1) is 10.2 Å². The van der Waals surface area contributed by atoms with Crippen molar-refractivity contribution < 1.29 is 9.66 Å². The summed E-state index contributed by atoms with van der Waals surface area (Å²) >= 11 is 1.20. The Morgan fingerprint density at radius 1 is 1.36 bits per heavy atom. The maximum Gasteiger partial charge on any atom is 0.329 e. The molecule has 1 aromatic carbocycles. The molecule has 0 radical (unpaired) electrons. The van der Waals surface area contributed by atoms with Crippen LogP contribution in [0, 0.1) is 10.1 Å². The van der Waals surface area contributed by atoms with E-state index in [9.17, 15) is 10.1 Å². The van der Waals surface area contributed by atoms with E-state index in [-0.39, 0.29) is 17.5 Å².